The lowest BCUT2D eigenvalue weighted by Gasteiger charge is -2.29. The van der Waals surface area contributed by atoms with Crippen LogP contribution in [0.25, 0.3) is 0 Å². The van der Waals surface area contributed by atoms with Gasteiger partial charge in [-0.2, -0.15) is 4.89 Å². The van der Waals surface area contributed by atoms with Gasteiger partial charge in [-0.1, -0.05) is 30.3 Å². The molecular weight excluding hydrogens is 228 g/mol. The van der Waals surface area contributed by atoms with Crippen molar-refractivity contribution in [3.63, 3.8) is 0 Å². The van der Waals surface area contributed by atoms with Crippen molar-refractivity contribution in [2.24, 2.45) is 0 Å². The van der Waals surface area contributed by atoms with Crippen LogP contribution < -0.4 is 0 Å². The van der Waals surface area contributed by atoms with Gasteiger partial charge in [0, 0.05) is 5.56 Å². The van der Waals surface area contributed by atoms with Gasteiger partial charge >= 0.3 is 0 Å². The predicted octanol–water partition coefficient (Wildman–Crippen LogP) is 4.25. The second-order valence-corrected chi connectivity index (χ2v) is 6.26. The van der Waals surface area contributed by atoms with E-state index in [1.54, 1.807) is 0 Å². The third kappa shape index (κ3) is 6.15. The van der Waals surface area contributed by atoms with Crippen molar-refractivity contribution < 1.29 is 14.5 Å². The van der Waals surface area contributed by atoms with Crippen LogP contribution in [0.4, 0.5) is 0 Å². The minimum atomic E-state index is -0.523. The number of benzene rings is 1. The zero-order chi connectivity index (χ0) is 13.8. The molecule has 1 unspecified atom stereocenters. The maximum Gasteiger partial charge on any atom is 0.217 e. The topological polar surface area (TPSA) is 27.7 Å². The zero-order valence-corrected chi connectivity index (χ0v) is 12.2. The van der Waals surface area contributed by atoms with Crippen LogP contribution >= 0.6 is 0 Å². The molecule has 0 aliphatic carbocycles. The lowest BCUT2D eigenvalue weighted by molar-refractivity contribution is -0.430. The molecule has 3 heteroatoms. The molecule has 102 valence electrons. The average Bonchev–Trinajstić information content (AvgIpc) is 2.23. The van der Waals surface area contributed by atoms with Crippen molar-refractivity contribution in [2.75, 3.05) is 0 Å². The van der Waals surface area contributed by atoms with Crippen molar-refractivity contribution >= 4 is 0 Å². The summed E-state index contributed by atoms with van der Waals surface area (Å²) < 4.78 is 5.87. The summed E-state index contributed by atoms with van der Waals surface area (Å²) in [5.74, 6) is 0. The minimum absolute atomic E-state index is 0.304. The predicted molar refractivity (Wildman–Crippen MR) is 71.9 cm³/mol. The molecule has 1 rings (SSSR count). The molecule has 1 aromatic rings. The van der Waals surface area contributed by atoms with Gasteiger partial charge in [0.2, 0.25) is 6.29 Å². The summed E-state index contributed by atoms with van der Waals surface area (Å²) in [5, 5.41) is 0. The third-order valence-corrected chi connectivity index (χ3v) is 1.92. The molecule has 0 fully saturated rings. The molecule has 0 aromatic heterocycles. The maximum atomic E-state index is 5.87. The number of hydrogen-bond donors (Lipinski definition) is 0. The maximum absolute atomic E-state index is 5.87. The van der Waals surface area contributed by atoms with E-state index in [1.807, 2.05) is 71.9 Å². The molecule has 0 heterocycles. The molecule has 0 bridgehead atoms. The fraction of sp³-hybridized carbons (Fsp3) is 0.600. The first kappa shape index (κ1) is 15.2. The van der Waals surface area contributed by atoms with Gasteiger partial charge in [-0.3, -0.25) is 0 Å². The Balaban J connectivity index is 2.76. The molecule has 0 saturated carbocycles. The van der Waals surface area contributed by atoms with Crippen LogP contribution in [-0.2, 0) is 14.5 Å². The van der Waals surface area contributed by atoms with E-state index in [-0.39, 0.29) is 11.2 Å². The van der Waals surface area contributed by atoms with Crippen LogP contribution in [0.3, 0.4) is 0 Å². The molecule has 18 heavy (non-hydrogen) atoms. The van der Waals surface area contributed by atoms with E-state index >= 15 is 0 Å². The standard InChI is InChI=1S/C15H24O3/c1-14(2,3)16-13(17-18-15(4,5)6)12-10-8-7-9-11-12/h7-11,13H,1-6H3. The van der Waals surface area contributed by atoms with Crippen LogP contribution in [0.1, 0.15) is 53.4 Å². The van der Waals surface area contributed by atoms with Crippen molar-refractivity contribution in [3.8, 4) is 0 Å². The molecule has 0 aliphatic heterocycles. The SMILES string of the molecule is CC(C)(C)OOC(OC(C)(C)C)c1ccccc1. The van der Waals surface area contributed by atoms with E-state index in [0.717, 1.165) is 5.56 Å². The highest BCUT2D eigenvalue weighted by Gasteiger charge is 2.24. The van der Waals surface area contributed by atoms with E-state index in [4.69, 9.17) is 14.5 Å². The van der Waals surface area contributed by atoms with Crippen LogP contribution in [0.15, 0.2) is 30.3 Å². The summed E-state index contributed by atoms with van der Waals surface area (Å²) in [5.41, 5.74) is 0.271. The van der Waals surface area contributed by atoms with Gasteiger partial charge in [0.25, 0.3) is 0 Å². The Morgan fingerprint density at radius 2 is 1.39 bits per heavy atom. The summed E-state index contributed by atoms with van der Waals surface area (Å²) in [6.07, 6.45) is -0.523. The molecule has 0 spiro atoms. The van der Waals surface area contributed by atoms with E-state index in [0.29, 0.717) is 0 Å². The first-order chi connectivity index (χ1) is 8.17. The van der Waals surface area contributed by atoms with Crippen LogP contribution in [0.2, 0.25) is 0 Å². The summed E-state index contributed by atoms with van der Waals surface area (Å²) >= 11 is 0. The Hall–Kier alpha value is -0.900. The molecule has 0 aliphatic rings. The highest BCUT2D eigenvalue weighted by molar-refractivity contribution is 5.15. The van der Waals surface area contributed by atoms with E-state index in [9.17, 15) is 0 Å². The van der Waals surface area contributed by atoms with Crippen LogP contribution in [0.5, 0.6) is 0 Å². The summed E-state index contributed by atoms with van der Waals surface area (Å²) in [4.78, 5) is 10.8. The number of hydrogen-bond acceptors (Lipinski definition) is 3. The summed E-state index contributed by atoms with van der Waals surface area (Å²) in [7, 11) is 0. The van der Waals surface area contributed by atoms with Crippen LogP contribution in [0, 0.1) is 0 Å². The molecule has 0 N–H and O–H groups in total. The quantitative estimate of drug-likeness (QED) is 0.455. The largest absolute Gasteiger partial charge is 0.340 e. The van der Waals surface area contributed by atoms with Gasteiger partial charge in [-0.05, 0) is 41.5 Å². The highest BCUT2D eigenvalue weighted by atomic mass is 17.2. The van der Waals surface area contributed by atoms with E-state index < -0.39 is 6.29 Å². The lowest BCUT2D eigenvalue weighted by atomic mass is 10.1. The Bertz CT molecular complexity index is 346. The van der Waals surface area contributed by atoms with Crippen molar-refractivity contribution in [2.45, 2.75) is 59.0 Å². The molecule has 3 nitrogen and oxygen atoms in total. The van der Waals surface area contributed by atoms with Crippen molar-refractivity contribution in [1.29, 1.82) is 0 Å². The fourth-order valence-corrected chi connectivity index (χ4v) is 1.26. The fourth-order valence-electron chi connectivity index (χ4n) is 1.26. The minimum Gasteiger partial charge on any atom is -0.340 e. The molecule has 0 radical (unpaired) electrons. The normalized spacial score (nSPS) is 14.6. The molecule has 0 saturated heterocycles. The third-order valence-electron chi connectivity index (χ3n) is 1.92. The van der Waals surface area contributed by atoms with Crippen molar-refractivity contribution in [3.05, 3.63) is 35.9 Å². The second kappa shape index (κ2) is 5.83. The molecule has 1 aromatic carbocycles. The first-order valence-corrected chi connectivity index (χ1v) is 6.25. The molecule has 1 atom stereocenters. The lowest BCUT2D eigenvalue weighted by Crippen LogP contribution is -2.27. The Morgan fingerprint density at radius 1 is 0.833 bits per heavy atom. The van der Waals surface area contributed by atoms with E-state index in [1.165, 1.54) is 0 Å². The zero-order valence-electron chi connectivity index (χ0n) is 12.2. The number of ether oxygens (including phenoxy) is 1. The van der Waals surface area contributed by atoms with Gasteiger partial charge in [0.1, 0.15) is 0 Å². The van der Waals surface area contributed by atoms with Gasteiger partial charge in [0.05, 0.1) is 11.2 Å². The highest BCUT2D eigenvalue weighted by Crippen LogP contribution is 2.26. The van der Waals surface area contributed by atoms with E-state index in [2.05, 4.69) is 0 Å². The second-order valence-electron chi connectivity index (χ2n) is 6.26. The van der Waals surface area contributed by atoms with Crippen molar-refractivity contribution in [1.82, 2.24) is 0 Å². The molecule has 0 amide bonds. The smallest absolute Gasteiger partial charge is 0.217 e. The Labute approximate surface area is 110 Å². The summed E-state index contributed by atoms with van der Waals surface area (Å²) in [6, 6.07) is 9.79. The van der Waals surface area contributed by atoms with Gasteiger partial charge in [0.15, 0.2) is 0 Å². The average molecular weight is 252 g/mol. The van der Waals surface area contributed by atoms with Gasteiger partial charge in [-0.15, -0.1) is 0 Å². The Kier molecular flexibility index (Phi) is 4.91. The molecular formula is C15H24O3. The van der Waals surface area contributed by atoms with Crippen LogP contribution in [-0.4, -0.2) is 11.2 Å². The first-order valence-electron chi connectivity index (χ1n) is 6.25. The monoisotopic (exact) mass is 252 g/mol. The number of rotatable bonds is 4. The van der Waals surface area contributed by atoms with Gasteiger partial charge in [-0.25, -0.2) is 4.89 Å². The Morgan fingerprint density at radius 3 is 1.83 bits per heavy atom. The summed E-state index contributed by atoms with van der Waals surface area (Å²) in [6.45, 7) is 11.8. The van der Waals surface area contributed by atoms with Gasteiger partial charge < -0.3 is 4.74 Å².